The minimum absolute atomic E-state index is 0.262. The lowest BCUT2D eigenvalue weighted by molar-refractivity contribution is 0.102. The number of nitrogens with one attached hydrogen (secondary N) is 2. The molecule has 0 aliphatic heterocycles. The van der Waals surface area contributed by atoms with Gasteiger partial charge >= 0.3 is 0 Å². The van der Waals surface area contributed by atoms with Gasteiger partial charge in [0.05, 0.1) is 11.9 Å². The third-order valence-electron chi connectivity index (χ3n) is 3.68. The molecule has 1 amide bonds. The minimum atomic E-state index is -0.262. The van der Waals surface area contributed by atoms with Crippen LogP contribution in [-0.2, 0) is 6.54 Å². The van der Waals surface area contributed by atoms with E-state index >= 15 is 0 Å². The van der Waals surface area contributed by atoms with Gasteiger partial charge in [-0.3, -0.25) is 4.79 Å². The Bertz CT molecular complexity index is 854. The van der Waals surface area contributed by atoms with E-state index in [9.17, 15) is 4.79 Å². The van der Waals surface area contributed by atoms with Crippen molar-refractivity contribution in [3.05, 3.63) is 66.9 Å². The summed E-state index contributed by atoms with van der Waals surface area (Å²) < 4.78 is 6.65. The van der Waals surface area contributed by atoms with Crippen LogP contribution in [0.1, 0.15) is 16.8 Å². The summed E-state index contributed by atoms with van der Waals surface area (Å²) in [5.41, 5.74) is 1.05. The number of pyridine rings is 1. The molecule has 3 aromatic rings. The van der Waals surface area contributed by atoms with Crippen molar-refractivity contribution in [2.45, 2.75) is 13.0 Å². The molecule has 0 radical (unpaired) electrons. The van der Waals surface area contributed by atoms with Gasteiger partial charge in [0.25, 0.3) is 5.91 Å². The minimum Gasteiger partial charge on any atom is -0.386 e. The maximum atomic E-state index is 12.6. The number of aromatic nitrogens is 3. The number of anilines is 2. The molecule has 0 fully saturated rings. The molecule has 0 aliphatic rings. The van der Waals surface area contributed by atoms with E-state index in [-0.39, 0.29) is 5.91 Å². The van der Waals surface area contributed by atoms with Crippen LogP contribution in [0.3, 0.4) is 0 Å². The predicted octanol–water partition coefficient (Wildman–Crippen LogP) is 3.57. The van der Waals surface area contributed by atoms with Crippen LogP contribution in [0.25, 0.3) is 0 Å². The summed E-state index contributed by atoms with van der Waals surface area (Å²) in [6.07, 6.45) is 7.97. The smallest absolute Gasteiger partial charge is 0.259 e. The van der Waals surface area contributed by atoms with Gasteiger partial charge in [-0.1, -0.05) is 6.07 Å². The van der Waals surface area contributed by atoms with Gasteiger partial charge in [0, 0.05) is 43.4 Å². The van der Waals surface area contributed by atoms with Crippen LogP contribution in [0.15, 0.2) is 61.3 Å². The number of rotatable bonds is 8. The van der Waals surface area contributed by atoms with Crippen molar-refractivity contribution in [2.75, 3.05) is 17.2 Å². The summed E-state index contributed by atoms with van der Waals surface area (Å²) >= 11 is 5.35. The first-order valence-electron chi connectivity index (χ1n) is 8.11. The standard InChI is InChI=1S/C18H18ClN5O2/c19-26-15-5-1-4-14(12-15)23-18(25)16-6-2-7-21-17(16)22-8-3-10-24-11-9-20-13-24/h1-2,4-7,9,11-13H,3,8,10H2,(H,21,22)(H,23,25). The zero-order chi connectivity index (χ0) is 18.2. The van der Waals surface area contributed by atoms with E-state index in [1.807, 2.05) is 10.8 Å². The van der Waals surface area contributed by atoms with Gasteiger partial charge in [0.15, 0.2) is 0 Å². The lowest BCUT2D eigenvalue weighted by Crippen LogP contribution is -2.16. The number of nitrogens with zero attached hydrogens (tertiary/aromatic N) is 3. The van der Waals surface area contributed by atoms with E-state index in [2.05, 4.69) is 24.9 Å². The summed E-state index contributed by atoms with van der Waals surface area (Å²) in [7, 11) is 0. The molecular formula is C18H18ClN5O2. The molecule has 134 valence electrons. The van der Waals surface area contributed by atoms with Crippen LogP contribution in [-0.4, -0.2) is 27.0 Å². The third kappa shape index (κ3) is 4.73. The molecule has 2 aromatic heterocycles. The number of amides is 1. The van der Waals surface area contributed by atoms with E-state index in [1.165, 1.54) is 0 Å². The number of carbonyl (C=O) groups is 1. The Balaban J connectivity index is 1.61. The quantitative estimate of drug-likeness (QED) is 0.592. The van der Waals surface area contributed by atoms with Gasteiger partial charge in [-0.05, 0) is 30.7 Å². The molecular weight excluding hydrogens is 354 g/mol. The van der Waals surface area contributed by atoms with Crippen molar-refractivity contribution in [3.8, 4) is 5.75 Å². The zero-order valence-corrected chi connectivity index (χ0v) is 14.7. The zero-order valence-electron chi connectivity index (χ0n) is 13.9. The average Bonchev–Trinajstić information content (AvgIpc) is 3.19. The molecule has 1 aromatic carbocycles. The number of carbonyl (C=O) groups excluding carboxylic acids is 1. The lowest BCUT2D eigenvalue weighted by Gasteiger charge is -2.11. The second kappa shape index (κ2) is 8.87. The number of imidazole rings is 1. The first kappa shape index (κ1) is 17.8. The third-order valence-corrected chi connectivity index (χ3v) is 3.86. The van der Waals surface area contributed by atoms with Gasteiger partial charge in [0.1, 0.15) is 23.4 Å². The number of aryl methyl sites for hydroxylation is 1. The molecule has 7 nitrogen and oxygen atoms in total. The number of hydrogen-bond donors (Lipinski definition) is 2. The largest absolute Gasteiger partial charge is 0.386 e. The second-order valence-electron chi connectivity index (χ2n) is 5.54. The molecule has 0 aliphatic carbocycles. The Labute approximate surface area is 156 Å². The van der Waals surface area contributed by atoms with Crippen LogP contribution in [0, 0.1) is 0 Å². The highest BCUT2D eigenvalue weighted by Gasteiger charge is 2.12. The topological polar surface area (TPSA) is 81.1 Å². The van der Waals surface area contributed by atoms with Crippen molar-refractivity contribution in [3.63, 3.8) is 0 Å². The van der Waals surface area contributed by atoms with E-state index in [0.29, 0.717) is 29.4 Å². The van der Waals surface area contributed by atoms with Gasteiger partial charge in [-0.15, -0.1) is 0 Å². The van der Waals surface area contributed by atoms with Crippen molar-refractivity contribution in [2.24, 2.45) is 0 Å². The monoisotopic (exact) mass is 371 g/mol. The van der Waals surface area contributed by atoms with Crippen LogP contribution in [0.4, 0.5) is 11.5 Å². The average molecular weight is 372 g/mol. The van der Waals surface area contributed by atoms with Crippen LogP contribution in [0.2, 0.25) is 0 Å². The van der Waals surface area contributed by atoms with Gasteiger partial charge < -0.3 is 19.5 Å². The summed E-state index contributed by atoms with van der Waals surface area (Å²) in [5.74, 6) is 0.732. The summed E-state index contributed by atoms with van der Waals surface area (Å²) in [5, 5.41) is 6.03. The van der Waals surface area contributed by atoms with Gasteiger partial charge in [-0.25, -0.2) is 9.97 Å². The molecule has 8 heteroatoms. The van der Waals surface area contributed by atoms with E-state index < -0.39 is 0 Å². The fraction of sp³-hybridized carbons (Fsp3) is 0.167. The Kier molecular flexibility index (Phi) is 6.05. The highest BCUT2D eigenvalue weighted by molar-refractivity contribution is 6.09. The normalized spacial score (nSPS) is 10.3. The van der Waals surface area contributed by atoms with Crippen molar-refractivity contribution in [1.29, 1.82) is 0 Å². The molecule has 0 saturated heterocycles. The fourth-order valence-corrected chi connectivity index (χ4v) is 2.53. The van der Waals surface area contributed by atoms with Gasteiger partial charge in [0.2, 0.25) is 0 Å². The first-order valence-corrected chi connectivity index (χ1v) is 8.42. The van der Waals surface area contributed by atoms with Crippen LogP contribution < -0.4 is 14.9 Å². The molecule has 0 atom stereocenters. The number of benzene rings is 1. The maximum Gasteiger partial charge on any atom is 0.259 e. The summed E-state index contributed by atoms with van der Waals surface area (Å²) in [4.78, 5) is 20.9. The molecule has 0 spiro atoms. The first-order chi connectivity index (χ1) is 12.8. The predicted molar refractivity (Wildman–Crippen MR) is 100 cm³/mol. The molecule has 3 rings (SSSR count). The Morgan fingerprint density at radius 1 is 1.23 bits per heavy atom. The highest BCUT2D eigenvalue weighted by Crippen LogP contribution is 2.20. The van der Waals surface area contributed by atoms with E-state index in [0.717, 1.165) is 13.0 Å². The van der Waals surface area contributed by atoms with Crippen molar-refractivity contribution in [1.82, 2.24) is 14.5 Å². The van der Waals surface area contributed by atoms with Gasteiger partial charge in [-0.2, -0.15) is 0 Å². The summed E-state index contributed by atoms with van der Waals surface area (Å²) in [6.45, 7) is 1.53. The Hall–Kier alpha value is -3.06. The van der Waals surface area contributed by atoms with Crippen LogP contribution in [0.5, 0.6) is 5.75 Å². The van der Waals surface area contributed by atoms with Crippen LogP contribution >= 0.6 is 11.9 Å². The molecule has 0 unspecified atom stereocenters. The Morgan fingerprint density at radius 3 is 2.96 bits per heavy atom. The number of halogens is 1. The van der Waals surface area contributed by atoms with Crippen molar-refractivity contribution >= 4 is 29.3 Å². The molecule has 26 heavy (non-hydrogen) atoms. The molecule has 2 heterocycles. The SMILES string of the molecule is O=C(Nc1cccc(OCl)c1)c1cccnc1NCCCn1ccnc1. The molecule has 0 saturated carbocycles. The fourth-order valence-electron chi connectivity index (χ4n) is 2.44. The van der Waals surface area contributed by atoms with E-state index in [4.69, 9.17) is 11.9 Å². The van der Waals surface area contributed by atoms with Crippen molar-refractivity contribution < 1.29 is 9.08 Å². The molecule has 0 bridgehead atoms. The Morgan fingerprint density at radius 2 is 2.15 bits per heavy atom. The lowest BCUT2D eigenvalue weighted by atomic mass is 10.2. The van der Waals surface area contributed by atoms with E-state index in [1.54, 1.807) is 55.1 Å². The highest BCUT2D eigenvalue weighted by atomic mass is 35.5. The maximum absolute atomic E-state index is 12.6. The number of hydrogen-bond acceptors (Lipinski definition) is 5. The molecule has 2 N–H and O–H groups in total. The second-order valence-corrected chi connectivity index (χ2v) is 5.69. The summed E-state index contributed by atoms with van der Waals surface area (Å²) in [6, 6.07) is 10.3.